The lowest BCUT2D eigenvalue weighted by Crippen LogP contribution is -2.53. The number of pyridine rings is 1. The first-order valence-electron chi connectivity index (χ1n) is 10.7. The van der Waals surface area contributed by atoms with E-state index in [9.17, 15) is 23.1 Å². The summed E-state index contributed by atoms with van der Waals surface area (Å²) in [5, 5.41) is 17.6. The number of benzene rings is 2. The number of rotatable bonds is 9. The number of aromatic nitrogens is 1. The van der Waals surface area contributed by atoms with Crippen LogP contribution in [0.2, 0.25) is 0 Å². The Hall–Kier alpha value is -3.33. The molecule has 0 saturated heterocycles. The molecule has 3 N–H and O–H groups in total. The lowest BCUT2D eigenvalue weighted by Gasteiger charge is -2.38. The summed E-state index contributed by atoms with van der Waals surface area (Å²) in [7, 11) is 1.43. The predicted octanol–water partition coefficient (Wildman–Crippen LogP) is 4.78. The molecule has 0 fully saturated rings. The van der Waals surface area contributed by atoms with Gasteiger partial charge in [0, 0.05) is 36.0 Å². The average Bonchev–Trinajstić information content (AvgIpc) is 2.77. The fraction of sp³-hybridized carbons (Fsp3) is 0.360. The molecule has 34 heavy (non-hydrogen) atoms. The van der Waals surface area contributed by atoms with Crippen molar-refractivity contribution in [2.24, 2.45) is 5.16 Å². The molecule has 0 bridgehead atoms. The maximum Gasteiger partial charge on any atom is 0.418 e. The first kappa shape index (κ1) is 25.3. The van der Waals surface area contributed by atoms with Gasteiger partial charge >= 0.3 is 6.18 Å². The molecule has 0 saturated carbocycles. The third kappa shape index (κ3) is 5.77. The van der Waals surface area contributed by atoms with Gasteiger partial charge in [-0.3, -0.25) is 4.79 Å². The standard InChI is InChI=1S/C25H28F3N3O3/c1-23(2,18-6-4-5-17(13-18)9-12-31-34-3)15-24(33,25(26,27)28)16-30-19-7-8-20-21(14-19)29-11-10-22(20)32/h4-8,10-14,30,33H,9,15-16H2,1-3H3,(H,29,32). The Kier molecular flexibility index (Phi) is 7.35. The number of nitrogens with one attached hydrogen (secondary N) is 2. The molecule has 0 spiro atoms. The van der Waals surface area contributed by atoms with E-state index in [4.69, 9.17) is 0 Å². The van der Waals surface area contributed by atoms with E-state index >= 15 is 0 Å². The first-order chi connectivity index (χ1) is 15.9. The molecule has 0 amide bonds. The average molecular weight is 476 g/mol. The summed E-state index contributed by atoms with van der Waals surface area (Å²) in [5.41, 5.74) is -1.80. The highest BCUT2D eigenvalue weighted by atomic mass is 19.4. The van der Waals surface area contributed by atoms with Crippen LogP contribution in [0.15, 0.2) is 64.7 Å². The predicted molar refractivity (Wildman–Crippen MR) is 127 cm³/mol. The number of aliphatic hydroxyl groups is 1. The zero-order chi connectivity index (χ0) is 25.0. The zero-order valence-corrected chi connectivity index (χ0v) is 19.2. The van der Waals surface area contributed by atoms with Crippen molar-refractivity contribution < 1.29 is 23.1 Å². The van der Waals surface area contributed by atoms with Crippen molar-refractivity contribution in [3.05, 3.63) is 76.1 Å². The van der Waals surface area contributed by atoms with Crippen molar-refractivity contribution in [2.75, 3.05) is 19.0 Å². The van der Waals surface area contributed by atoms with Crippen molar-refractivity contribution in [3.8, 4) is 0 Å². The Balaban J connectivity index is 1.83. The van der Waals surface area contributed by atoms with Crippen LogP contribution < -0.4 is 10.7 Å². The van der Waals surface area contributed by atoms with Gasteiger partial charge in [0.1, 0.15) is 7.11 Å². The number of anilines is 1. The topological polar surface area (TPSA) is 86.7 Å². The molecule has 0 aliphatic rings. The van der Waals surface area contributed by atoms with Gasteiger partial charge in [-0.25, -0.2) is 0 Å². The third-order valence-corrected chi connectivity index (χ3v) is 5.82. The Morgan fingerprint density at radius 3 is 2.62 bits per heavy atom. The maximum absolute atomic E-state index is 14.1. The number of aromatic amines is 1. The number of hydrogen-bond acceptors (Lipinski definition) is 5. The monoisotopic (exact) mass is 475 g/mol. The first-order valence-corrected chi connectivity index (χ1v) is 10.7. The number of H-pyrrole nitrogens is 1. The summed E-state index contributed by atoms with van der Waals surface area (Å²) in [6.45, 7) is 2.60. The molecule has 3 aromatic rings. The second-order valence-corrected chi connectivity index (χ2v) is 8.92. The molecule has 3 rings (SSSR count). The van der Waals surface area contributed by atoms with Crippen LogP contribution in [0.4, 0.5) is 18.9 Å². The van der Waals surface area contributed by atoms with E-state index < -0.39 is 30.2 Å². The molecule has 1 unspecified atom stereocenters. The fourth-order valence-electron chi connectivity index (χ4n) is 3.97. The Morgan fingerprint density at radius 2 is 1.91 bits per heavy atom. The van der Waals surface area contributed by atoms with E-state index in [2.05, 4.69) is 20.3 Å². The SMILES string of the molecule is CON=CCc1cccc(C(C)(C)CC(O)(CNc2ccc3c(=O)cc[nH]c3c2)C(F)(F)F)c1. The van der Waals surface area contributed by atoms with Gasteiger partial charge in [-0.1, -0.05) is 43.3 Å². The summed E-state index contributed by atoms with van der Waals surface area (Å²) in [5.74, 6) is 0. The summed E-state index contributed by atoms with van der Waals surface area (Å²) < 4.78 is 42.2. The van der Waals surface area contributed by atoms with Crippen LogP contribution in [0.3, 0.4) is 0 Å². The molecule has 0 aliphatic carbocycles. The van der Waals surface area contributed by atoms with Crippen molar-refractivity contribution in [1.29, 1.82) is 0 Å². The van der Waals surface area contributed by atoms with Crippen LogP contribution in [0.25, 0.3) is 10.9 Å². The minimum absolute atomic E-state index is 0.190. The second-order valence-electron chi connectivity index (χ2n) is 8.92. The van der Waals surface area contributed by atoms with Crippen molar-refractivity contribution in [3.63, 3.8) is 0 Å². The van der Waals surface area contributed by atoms with Gasteiger partial charge in [-0.05, 0) is 41.2 Å². The lowest BCUT2D eigenvalue weighted by atomic mass is 9.74. The quantitative estimate of drug-likeness (QED) is 0.307. The van der Waals surface area contributed by atoms with Gasteiger partial charge in [0.25, 0.3) is 0 Å². The highest BCUT2D eigenvalue weighted by Gasteiger charge is 2.55. The van der Waals surface area contributed by atoms with Gasteiger partial charge < -0.3 is 20.2 Å². The van der Waals surface area contributed by atoms with Crippen LogP contribution in [0.1, 0.15) is 31.4 Å². The molecule has 0 radical (unpaired) electrons. The summed E-state index contributed by atoms with van der Waals surface area (Å²) in [6, 6.07) is 13.2. The molecule has 6 nitrogen and oxygen atoms in total. The smallest absolute Gasteiger partial charge is 0.399 e. The molecule has 1 atom stereocenters. The van der Waals surface area contributed by atoms with Crippen LogP contribution in [-0.4, -0.2) is 41.7 Å². The number of nitrogens with zero attached hydrogens (tertiary/aromatic N) is 1. The number of fused-ring (bicyclic) bond motifs is 1. The molecule has 0 aliphatic heterocycles. The lowest BCUT2D eigenvalue weighted by molar-refractivity contribution is -0.260. The van der Waals surface area contributed by atoms with Gasteiger partial charge in [0.2, 0.25) is 0 Å². The molecule has 1 aromatic heterocycles. The number of hydrogen-bond donors (Lipinski definition) is 3. The van der Waals surface area contributed by atoms with Crippen molar-refractivity contribution in [1.82, 2.24) is 4.98 Å². The number of halogens is 3. The zero-order valence-electron chi connectivity index (χ0n) is 19.2. The summed E-state index contributed by atoms with van der Waals surface area (Å²) in [4.78, 5) is 19.4. The number of oxime groups is 1. The normalized spacial score (nSPS) is 14.3. The van der Waals surface area contributed by atoms with Crippen molar-refractivity contribution >= 4 is 22.8 Å². The Morgan fingerprint density at radius 1 is 1.15 bits per heavy atom. The Labute approximate surface area is 195 Å². The van der Waals surface area contributed by atoms with E-state index in [0.29, 0.717) is 28.6 Å². The highest BCUT2D eigenvalue weighted by Crippen LogP contribution is 2.41. The van der Waals surface area contributed by atoms with E-state index in [1.165, 1.54) is 31.5 Å². The van der Waals surface area contributed by atoms with Gasteiger partial charge in [0.05, 0.1) is 12.1 Å². The second kappa shape index (κ2) is 9.89. The van der Waals surface area contributed by atoms with E-state index in [0.717, 1.165) is 5.56 Å². The molecular weight excluding hydrogens is 447 g/mol. The van der Waals surface area contributed by atoms with Crippen LogP contribution >= 0.6 is 0 Å². The van der Waals surface area contributed by atoms with Gasteiger partial charge in [-0.15, -0.1) is 0 Å². The summed E-state index contributed by atoms with van der Waals surface area (Å²) in [6.07, 6.45) is -1.92. The number of alkyl halides is 3. The fourth-order valence-corrected chi connectivity index (χ4v) is 3.97. The van der Waals surface area contributed by atoms with Gasteiger partial charge in [-0.2, -0.15) is 13.2 Å². The Bertz CT molecular complexity index is 1220. The minimum atomic E-state index is -4.87. The minimum Gasteiger partial charge on any atom is -0.399 e. The van der Waals surface area contributed by atoms with E-state index in [1.54, 1.807) is 38.3 Å². The summed E-state index contributed by atoms with van der Waals surface area (Å²) >= 11 is 0. The molecule has 9 heteroatoms. The molecule has 2 aromatic carbocycles. The van der Waals surface area contributed by atoms with E-state index in [-0.39, 0.29) is 5.43 Å². The van der Waals surface area contributed by atoms with Crippen molar-refractivity contribution in [2.45, 2.75) is 43.9 Å². The molecule has 182 valence electrons. The molecule has 1 heterocycles. The third-order valence-electron chi connectivity index (χ3n) is 5.82. The van der Waals surface area contributed by atoms with Crippen LogP contribution in [-0.2, 0) is 16.7 Å². The van der Waals surface area contributed by atoms with Crippen LogP contribution in [0, 0.1) is 0 Å². The highest BCUT2D eigenvalue weighted by molar-refractivity contribution is 5.81. The van der Waals surface area contributed by atoms with Crippen LogP contribution in [0.5, 0.6) is 0 Å². The maximum atomic E-state index is 14.1. The molecular formula is C25H28F3N3O3. The van der Waals surface area contributed by atoms with Gasteiger partial charge in [0.15, 0.2) is 11.0 Å². The van der Waals surface area contributed by atoms with E-state index in [1.807, 2.05) is 12.1 Å². The largest absolute Gasteiger partial charge is 0.418 e.